The average Bonchev–Trinajstić information content (AvgIpc) is 3.26. The average molecular weight is 478 g/mol. The van der Waals surface area contributed by atoms with Crippen LogP contribution in [-0.2, 0) is 12.5 Å². The molecular formula is C27H29F2N5O. The van der Waals surface area contributed by atoms with Crippen molar-refractivity contribution in [3.05, 3.63) is 77.0 Å². The molecule has 0 fully saturated rings. The first-order valence-electron chi connectivity index (χ1n) is 11.6. The minimum atomic E-state index is -2.89. The number of guanidine groups is 1. The Morgan fingerprint density at radius 3 is 2.37 bits per heavy atom. The van der Waals surface area contributed by atoms with E-state index in [1.807, 2.05) is 37.3 Å². The summed E-state index contributed by atoms with van der Waals surface area (Å²) in [4.78, 5) is 22.2. The van der Waals surface area contributed by atoms with Gasteiger partial charge in [0.25, 0.3) is 11.8 Å². The van der Waals surface area contributed by atoms with Crippen LogP contribution in [0.5, 0.6) is 0 Å². The molecule has 8 heteroatoms. The summed E-state index contributed by atoms with van der Waals surface area (Å²) in [5.74, 6) is -1.70. The van der Waals surface area contributed by atoms with Crippen LogP contribution >= 0.6 is 0 Å². The van der Waals surface area contributed by atoms with E-state index in [0.717, 1.165) is 29.6 Å². The molecule has 1 N–H and O–H groups in total. The first kappa shape index (κ1) is 23.1. The van der Waals surface area contributed by atoms with Gasteiger partial charge in [0.15, 0.2) is 0 Å². The molecule has 0 spiro atoms. The number of amides is 1. The second-order valence-electron chi connectivity index (χ2n) is 9.99. The van der Waals surface area contributed by atoms with Crippen LogP contribution in [0.25, 0.3) is 0 Å². The lowest BCUT2D eigenvalue weighted by molar-refractivity contribution is 0.0174. The number of hydrogen-bond acceptors (Lipinski definition) is 4. The van der Waals surface area contributed by atoms with Crippen LogP contribution in [0.1, 0.15) is 48.0 Å². The molecule has 3 aromatic rings. The second kappa shape index (κ2) is 7.93. The molecule has 0 unspecified atom stereocenters. The van der Waals surface area contributed by atoms with Crippen molar-refractivity contribution in [1.29, 1.82) is 0 Å². The number of benzene rings is 2. The van der Waals surface area contributed by atoms with Gasteiger partial charge in [0.2, 0.25) is 5.96 Å². The standard InChI is InChI=1S/C27H29F2N5O/c1-17-22-21(24(35)32(5)25-31-26(2,3)16-34(22)25)23(30-20-9-7-6-8-10-20)33(17)15-18-11-13-19(14-12-18)27(4,28)29/h6-14,30H,15-16H2,1-5H3. The highest BCUT2D eigenvalue weighted by molar-refractivity contribution is 6.22. The molecule has 2 aliphatic heterocycles. The number of fused-ring (bicyclic) bond motifs is 3. The molecule has 6 nitrogen and oxygen atoms in total. The van der Waals surface area contributed by atoms with E-state index in [0.29, 0.717) is 30.4 Å². The van der Waals surface area contributed by atoms with Crippen molar-refractivity contribution >= 4 is 29.1 Å². The Kier molecular flexibility index (Phi) is 5.23. The van der Waals surface area contributed by atoms with E-state index < -0.39 is 5.92 Å². The molecule has 0 aliphatic carbocycles. The number of nitrogens with one attached hydrogen (secondary N) is 1. The Morgan fingerprint density at radius 1 is 1.09 bits per heavy atom. The summed E-state index contributed by atoms with van der Waals surface area (Å²) in [7, 11) is 1.75. The number of para-hydroxylation sites is 1. The number of carbonyl (C=O) groups excluding carboxylic acids is 1. The van der Waals surface area contributed by atoms with E-state index in [4.69, 9.17) is 4.99 Å². The number of nitrogens with zero attached hydrogens (tertiary/aromatic N) is 4. The molecule has 5 rings (SSSR count). The Labute approximate surface area is 203 Å². The number of aromatic nitrogens is 1. The Balaban J connectivity index is 1.64. The van der Waals surface area contributed by atoms with E-state index >= 15 is 0 Å². The van der Waals surface area contributed by atoms with E-state index in [2.05, 4.69) is 28.6 Å². The summed E-state index contributed by atoms with van der Waals surface area (Å²) in [6.45, 7) is 8.07. The van der Waals surface area contributed by atoms with Gasteiger partial charge in [-0.05, 0) is 38.5 Å². The number of anilines is 3. The van der Waals surface area contributed by atoms with Gasteiger partial charge >= 0.3 is 0 Å². The SMILES string of the molecule is Cc1c2c(c(Nc3ccccc3)n1Cc1ccc(C(C)(F)F)cc1)C(=O)N(C)C1=NC(C)(C)CN12. The summed E-state index contributed by atoms with van der Waals surface area (Å²) in [5.41, 5.74) is 3.70. The van der Waals surface area contributed by atoms with Gasteiger partial charge in [0.1, 0.15) is 11.4 Å². The van der Waals surface area contributed by atoms with E-state index in [1.54, 1.807) is 24.1 Å². The van der Waals surface area contributed by atoms with Crippen LogP contribution in [-0.4, -0.2) is 40.5 Å². The van der Waals surface area contributed by atoms with Crippen LogP contribution in [0, 0.1) is 6.92 Å². The normalized spacial score (nSPS) is 16.8. The number of halogens is 2. The Hall–Kier alpha value is -3.68. The summed E-state index contributed by atoms with van der Waals surface area (Å²) in [6, 6.07) is 16.1. The third-order valence-corrected chi connectivity index (χ3v) is 6.61. The summed E-state index contributed by atoms with van der Waals surface area (Å²) >= 11 is 0. The van der Waals surface area contributed by atoms with Crippen molar-refractivity contribution < 1.29 is 13.6 Å². The summed E-state index contributed by atoms with van der Waals surface area (Å²) < 4.78 is 29.5. The van der Waals surface area contributed by atoms with Gasteiger partial charge in [0.05, 0.1) is 17.8 Å². The number of rotatable bonds is 5. The fourth-order valence-electron chi connectivity index (χ4n) is 4.85. The van der Waals surface area contributed by atoms with Crippen molar-refractivity contribution in [1.82, 2.24) is 9.47 Å². The minimum Gasteiger partial charge on any atom is -0.341 e. The van der Waals surface area contributed by atoms with Gasteiger partial charge in [-0.25, -0.2) is 13.8 Å². The van der Waals surface area contributed by atoms with E-state index in [1.165, 1.54) is 12.1 Å². The fraction of sp³-hybridized carbons (Fsp3) is 0.333. The fourth-order valence-corrected chi connectivity index (χ4v) is 4.85. The maximum absolute atomic E-state index is 13.7. The first-order chi connectivity index (χ1) is 16.5. The molecule has 0 saturated heterocycles. The van der Waals surface area contributed by atoms with Gasteiger partial charge in [-0.2, -0.15) is 0 Å². The monoisotopic (exact) mass is 477 g/mol. The lowest BCUT2D eigenvalue weighted by Gasteiger charge is -2.32. The summed E-state index contributed by atoms with van der Waals surface area (Å²) in [6.07, 6.45) is 0. The predicted molar refractivity (Wildman–Crippen MR) is 135 cm³/mol. The predicted octanol–water partition coefficient (Wildman–Crippen LogP) is 5.74. The molecule has 0 saturated carbocycles. The quantitative estimate of drug-likeness (QED) is 0.510. The van der Waals surface area contributed by atoms with Gasteiger partial charge < -0.3 is 14.8 Å². The van der Waals surface area contributed by atoms with E-state index in [9.17, 15) is 13.6 Å². The maximum atomic E-state index is 13.7. The maximum Gasteiger partial charge on any atom is 0.270 e. The molecular weight excluding hydrogens is 448 g/mol. The third-order valence-electron chi connectivity index (χ3n) is 6.61. The van der Waals surface area contributed by atoms with Crippen molar-refractivity contribution in [2.24, 2.45) is 4.99 Å². The van der Waals surface area contributed by atoms with Gasteiger partial charge in [0, 0.05) is 37.5 Å². The first-order valence-corrected chi connectivity index (χ1v) is 11.6. The van der Waals surface area contributed by atoms with Crippen molar-refractivity contribution in [3.8, 4) is 0 Å². The van der Waals surface area contributed by atoms with Gasteiger partial charge in [-0.15, -0.1) is 0 Å². The lowest BCUT2D eigenvalue weighted by atomic mass is 10.1. The molecule has 0 radical (unpaired) electrons. The molecule has 1 amide bonds. The van der Waals surface area contributed by atoms with Crippen molar-refractivity contribution in [2.75, 3.05) is 23.8 Å². The van der Waals surface area contributed by atoms with Gasteiger partial charge in [-0.1, -0.05) is 42.5 Å². The van der Waals surface area contributed by atoms with Crippen molar-refractivity contribution in [2.45, 2.75) is 45.7 Å². The molecule has 35 heavy (non-hydrogen) atoms. The van der Waals surface area contributed by atoms with Crippen LogP contribution < -0.4 is 10.2 Å². The van der Waals surface area contributed by atoms with Crippen LogP contribution in [0.4, 0.5) is 26.0 Å². The highest BCUT2D eigenvalue weighted by Crippen LogP contribution is 2.43. The Morgan fingerprint density at radius 2 is 1.74 bits per heavy atom. The number of alkyl halides is 2. The highest BCUT2D eigenvalue weighted by Gasteiger charge is 2.45. The van der Waals surface area contributed by atoms with Gasteiger partial charge in [-0.3, -0.25) is 9.69 Å². The second-order valence-corrected chi connectivity index (χ2v) is 9.99. The Bertz CT molecular complexity index is 1320. The minimum absolute atomic E-state index is 0.0237. The largest absolute Gasteiger partial charge is 0.341 e. The molecule has 0 atom stereocenters. The van der Waals surface area contributed by atoms with Crippen LogP contribution in [0.15, 0.2) is 59.6 Å². The molecule has 1 aromatic heterocycles. The molecule has 2 aliphatic rings. The van der Waals surface area contributed by atoms with E-state index in [-0.39, 0.29) is 17.0 Å². The zero-order valence-corrected chi connectivity index (χ0v) is 20.6. The lowest BCUT2D eigenvalue weighted by Crippen LogP contribution is -2.48. The third kappa shape index (κ3) is 3.96. The molecule has 182 valence electrons. The van der Waals surface area contributed by atoms with Crippen LogP contribution in [0.2, 0.25) is 0 Å². The van der Waals surface area contributed by atoms with Crippen molar-refractivity contribution in [3.63, 3.8) is 0 Å². The number of aliphatic imine (C=N–C) groups is 1. The highest BCUT2D eigenvalue weighted by atomic mass is 19.3. The molecule has 3 heterocycles. The smallest absolute Gasteiger partial charge is 0.270 e. The number of carbonyl (C=O) groups is 1. The topological polar surface area (TPSA) is 52.9 Å². The number of hydrogen-bond donors (Lipinski definition) is 1. The molecule has 0 bridgehead atoms. The zero-order chi connectivity index (χ0) is 25.1. The zero-order valence-electron chi connectivity index (χ0n) is 20.6. The molecule has 2 aromatic carbocycles. The summed E-state index contributed by atoms with van der Waals surface area (Å²) in [5, 5.41) is 3.46. The van der Waals surface area contributed by atoms with Crippen LogP contribution in [0.3, 0.4) is 0 Å².